The molecule has 7 heteroatoms. The molecule has 0 aliphatic rings. The van der Waals surface area contributed by atoms with E-state index in [2.05, 4.69) is 41.4 Å². The van der Waals surface area contributed by atoms with Crippen LogP contribution in [0.15, 0.2) is 23.7 Å². The van der Waals surface area contributed by atoms with Gasteiger partial charge in [0.15, 0.2) is 5.96 Å². The first kappa shape index (κ1) is 21.2. The van der Waals surface area contributed by atoms with Crippen molar-refractivity contribution in [1.29, 1.82) is 0 Å². The van der Waals surface area contributed by atoms with Crippen LogP contribution >= 0.6 is 24.0 Å². The molecule has 0 unspecified atom stereocenters. The van der Waals surface area contributed by atoms with Crippen molar-refractivity contribution < 1.29 is 4.74 Å². The summed E-state index contributed by atoms with van der Waals surface area (Å²) in [5.41, 5.74) is 0. The van der Waals surface area contributed by atoms with Crippen LogP contribution in [0.2, 0.25) is 0 Å². The molecule has 6 nitrogen and oxygen atoms in total. The Morgan fingerprint density at radius 2 is 2.14 bits per heavy atom. The molecule has 0 saturated carbocycles. The van der Waals surface area contributed by atoms with E-state index in [0.717, 1.165) is 38.6 Å². The van der Waals surface area contributed by atoms with Crippen molar-refractivity contribution >= 4 is 29.9 Å². The average molecular weight is 423 g/mol. The SMILES string of the molecule is CCNC(=NCCOCCC(C)C)NCCn1ccnc1.I. The molecule has 0 bridgehead atoms. The third-order valence-corrected chi connectivity index (χ3v) is 2.91. The van der Waals surface area contributed by atoms with E-state index in [1.54, 1.807) is 6.20 Å². The summed E-state index contributed by atoms with van der Waals surface area (Å²) in [6, 6.07) is 0. The highest BCUT2D eigenvalue weighted by Crippen LogP contribution is 1.98. The van der Waals surface area contributed by atoms with Crippen LogP contribution in [0, 0.1) is 5.92 Å². The predicted octanol–water partition coefficient (Wildman–Crippen LogP) is 2.12. The molecule has 1 aromatic heterocycles. The summed E-state index contributed by atoms with van der Waals surface area (Å²) < 4.78 is 7.59. The summed E-state index contributed by atoms with van der Waals surface area (Å²) in [7, 11) is 0. The van der Waals surface area contributed by atoms with Crippen LogP contribution < -0.4 is 10.6 Å². The fourth-order valence-electron chi connectivity index (χ4n) is 1.71. The molecular weight excluding hydrogens is 393 g/mol. The molecule has 1 rings (SSSR count). The number of rotatable bonds is 10. The van der Waals surface area contributed by atoms with Crippen molar-refractivity contribution in [3.63, 3.8) is 0 Å². The van der Waals surface area contributed by atoms with Gasteiger partial charge in [0.1, 0.15) is 0 Å². The van der Waals surface area contributed by atoms with Crippen molar-refractivity contribution in [2.75, 3.05) is 32.8 Å². The Hall–Kier alpha value is -0.830. The number of aliphatic imine (C=N–C) groups is 1. The van der Waals surface area contributed by atoms with Gasteiger partial charge < -0.3 is 19.9 Å². The Kier molecular flexibility index (Phi) is 13.3. The molecule has 0 aliphatic carbocycles. The largest absolute Gasteiger partial charge is 0.380 e. The maximum absolute atomic E-state index is 5.56. The second kappa shape index (κ2) is 13.8. The fraction of sp³-hybridized carbons (Fsp3) is 0.733. The normalized spacial score (nSPS) is 11.4. The Morgan fingerprint density at radius 3 is 2.77 bits per heavy atom. The highest BCUT2D eigenvalue weighted by molar-refractivity contribution is 14.0. The summed E-state index contributed by atoms with van der Waals surface area (Å²) in [5, 5.41) is 6.53. The van der Waals surface area contributed by atoms with E-state index < -0.39 is 0 Å². The van der Waals surface area contributed by atoms with Crippen LogP contribution in [0.1, 0.15) is 27.2 Å². The molecule has 0 aromatic carbocycles. The van der Waals surface area contributed by atoms with Crippen molar-refractivity contribution in [2.45, 2.75) is 33.7 Å². The van der Waals surface area contributed by atoms with E-state index in [0.29, 0.717) is 19.1 Å². The number of hydrogen-bond acceptors (Lipinski definition) is 3. The second-order valence-corrected chi connectivity index (χ2v) is 5.28. The monoisotopic (exact) mass is 423 g/mol. The number of aromatic nitrogens is 2. The zero-order valence-electron chi connectivity index (χ0n) is 13.9. The lowest BCUT2D eigenvalue weighted by molar-refractivity contribution is 0.130. The Labute approximate surface area is 151 Å². The van der Waals surface area contributed by atoms with Gasteiger partial charge in [-0.05, 0) is 19.3 Å². The summed E-state index contributed by atoms with van der Waals surface area (Å²) in [6.45, 7) is 11.2. The van der Waals surface area contributed by atoms with Gasteiger partial charge in [0.05, 0.1) is 19.5 Å². The van der Waals surface area contributed by atoms with Crippen LogP contribution in [0.3, 0.4) is 0 Å². The molecular formula is C15H30IN5O. The van der Waals surface area contributed by atoms with Gasteiger partial charge in [-0.1, -0.05) is 13.8 Å². The van der Waals surface area contributed by atoms with Gasteiger partial charge in [-0.2, -0.15) is 0 Å². The van der Waals surface area contributed by atoms with E-state index in [9.17, 15) is 0 Å². The van der Waals surface area contributed by atoms with Crippen molar-refractivity contribution in [1.82, 2.24) is 20.2 Å². The van der Waals surface area contributed by atoms with Gasteiger partial charge in [0, 0.05) is 38.6 Å². The molecule has 1 heterocycles. The average Bonchev–Trinajstić information content (AvgIpc) is 2.95. The number of imidazole rings is 1. The lowest BCUT2D eigenvalue weighted by Gasteiger charge is -2.11. The van der Waals surface area contributed by atoms with Crippen LogP contribution in [0.5, 0.6) is 0 Å². The highest BCUT2D eigenvalue weighted by Gasteiger charge is 1.97. The minimum atomic E-state index is 0. The topological polar surface area (TPSA) is 63.5 Å². The van der Waals surface area contributed by atoms with Crippen LogP contribution in [-0.2, 0) is 11.3 Å². The molecule has 0 atom stereocenters. The molecule has 0 radical (unpaired) electrons. The Balaban J connectivity index is 0.00000441. The van der Waals surface area contributed by atoms with Gasteiger partial charge in [-0.3, -0.25) is 4.99 Å². The molecule has 0 aliphatic heterocycles. The van der Waals surface area contributed by atoms with E-state index in [1.807, 2.05) is 17.1 Å². The molecule has 0 spiro atoms. The van der Waals surface area contributed by atoms with Crippen LogP contribution in [-0.4, -0.2) is 48.4 Å². The van der Waals surface area contributed by atoms with Gasteiger partial charge in [-0.15, -0.1) is 24.0 Å². The third-order valence-electron chi connectivity index (χ3n) is 2.91. The molecule has 1 aromatic rings. The second-order valence-electron chi connectivity index (χ2n) is 5.28. The predicted molar refractivity (Wildman–Crippen MR) is 102 cm³/mol. The number of ether oxygens (including phenoxy) is 1. The van der Waals surface area contributed by atoms with Crippen molar-refractivity contribution in [2.24, 2.45) is 10.9 Å². The standard InChI is InChI=1S/C15H29N5O.HI/c1-4-17-15(18-7-10-20-9-6-16-13-20)19-8-12-21-11-5-14(2)3;/h6,9,13-14H,4-5,7-8,10-12H2,1-3H3,(H2,17,18,19);1H. The summed E-state index contributed by atoms with van der Waals surface area (Å²) in [6.07, 6.45) is 6.66. The molecule has 0 saturated heterocycles. The highest BCUT2D eigenvalue weighted by atomic mass is 127. The number of guanidine groups is 1. The molecule has 22 heavy (non-hydrogen) atoms. The van der Waals surface area contributed by atoms with Crippen molar-refractivity contribution in [3.8, 4) is 0 Å². The maximum Gasteiger partial charge on any atom is 0.191 e. The van der Waals surface area contributed by atoms with Gasteiger partial charge in [0.25, 0.3) is 0 Å². The Morgan fingerprint density at radius 1 is 1.32 bits per heavy atom. The third kappa shape index (κ3) is 10.8. The van der Waals surface area contributed by atoms with Gasteiger partial charge in [-0.25, -0.2) is 4.98 Å². The minimum Gasteiger partial charge on any atom is -0.380 e. The lowest BCUT2D eigenvalue weighted by Crippen LogP contribution is -2.39. The zero-order valence-corrected chi connectivity index (χ0v) is 16.2. The quantitative estimate of drug-likeness (QED) is 0.262. The summed E-state index contributed by atoms with van der Waals surface area (Å²) in [4.78, 5) is 8.51. The van der Waals surface area contributed by atoms with Crippen LogP contribution in [0.25, 0.3) is 0 Å². The first-order valence-electron chi connectivity index (χ1n) is 7.78. The van der Waals surface area contributed by atoms with E-state index in [4.69, 9.17) is 4.74 Å². The summed E-state index contributed by atoms with van der Waals surface area (Å²) >= 11 is 0. The van der Waals surface area contributed by atoms with Gasteiger partial charge >= 0.3 is 0 Å². The van der Waals surface area contributed by atoms with Gasteiger partial charge in [0.2, 0.25) is 0 Å². The molecule has 0 fully saturated rings. The van der Waals surface area contributed by atoms with Crippen molar-refractivity contribution in [3.05, 3.63) is 18.7 Å². The molecule has 128 valence electrons. The first-order valence-corrected chi connectivity index (χ1v) is 7.78. The zero-order chi connectivity index (χ0) is 15.3. The number of nitrogens with zero attached hydrogens (tertiary/aromatic N) is 3. The number of halogens is 1. The Bertz CT molecular complexity index is 381. The van der Waals surface area contributed by atoms with Crippen LogP contribution in [0.4, 0.5) is 0 Å². The maximum atomic E-state index is 5.56. The molecule has 2 N–H and O–H groups in total. The molecule has 0 amide bonds. The van der Waals surface area contributed by atoms with E-state index in [1.165, 1.54) is 0 Å². The lowest BCUT2D eigenvalue weighted by atomic mass is 10.1. The summed E-state index contributed by atoms with van der Waals surface area (Å²) in [5.74, 6) is 1.53. The smallest absolute Gasteiger partial charge is 0.191 e. The van der Waals surface area contributed by atoms with E-state index in [-0.39, 0.29) is 24.0 Å². The first-order chi connectivity index (χ1) is 10.2. The number of hydrogen-bond donors (Lipinski definition) is 2. The fourth-order valence-corrected chi connectivity index (χ4v) is 1.71. The minimum absolute atomic E-state index is 0. The van der Waals surface area contributed by atoms with E-state index >= 15 is 0 Å². The number of nitrogens with one attached hydrogen (secondary N) is 2.